The van der Waals surface area contributed by atoms with Gasteiger partial charge in [0, 0.05) is 11.4 Å². The van der Waals surface area contributed by atoms with Crippen molar-refractivity contribution in [2.24, 2.45) is 0 Å². The van der Waals surface area contributed by atoms with E-state index in [-0.39, 0.29) is 12.5 Å². The smallest absolute Gasteiger partial charge is 0.243 e. The van der Waals surface area contributed by atoms with Gasteiger partial charge in [-0.3, -0.25) is 4.79 Å². The van der Waals surface area contributed by atoms with Crippen LogP contribution in [0.5, 0.6) is 0 Å². The maximum Gasteiger partial charge on any atom is 0.243 e. The van der Waals surface area contributed by atoms with Gasteiger partial charge in [0.1, 0.15) is 0 Å². The highest BCUT2D eigenvalue weighted by Crippen LogP contribution is 2.24. The van der Waals surface area contributed by atoms with Crippen molar-refractivity contribution in [3.63, 3.8) is 0 Å². The van der Waals surface area contributed by atoms with Crippen molar-refractivity contribution in [1.82, 2.24) is 0 Å². The molecule has 2 rings (SSSR count). The summed E-state index contributed by atoms with van der Waals surface area (Å²) in [6, 6.07) is 12.8. The summed E-state index contributed by atoms with van der Waals surface area (Å²) in [6.45, 7) is 2.16. The van der Waals surface area contributed by atoms with Crippen molar-refractivity contribution in [2.45, 2.75) is 6.92 Å². The molecule has 2 aromatic carbocycles. The molecule has 0 saturated carbocycles. The van der Waals surface area contributed by atoms with Crippen LogP contribution in [0.15, 0.2) is 42.5 Å². The second kappa shape index (κ2) is 6.64. The molecule has 20 heavy (non-hydrogen) atoms. The number of hydrogen-bond acceptors (Lipinski definition) is 2. The molecule has 0 unspecified atom stereocenters. The summed E-state index contributed by atoms with van der Waals surface area (Å²) in [5.74, 6) is -0.125. The van der Waals surface area contributed by atoms with Crippen molar-refractivity contribution >= 4 is 40.5 Å². The van der Waals surface area contributed by atoms with Gasteiger partial charge in [-0.25, -0.2) is 0 Å². The molecule has 0 aliphatic heterocycles. The van der Waals surface area contributed by atoms with E-state index in [0.29, 0.717) is 10.0 Å². The highest BCUT2D eigenvalue weighted by molar-refractivity contribution is 6.42. The Labute approximate surface area is 127 Å². The van der Waals surface area contributed by atoms with Crippen LogP contribution < -0.4 is 10.6 Å². The highest BCUT2D eigenvalue weighted by Gasteiger charge is 2.03. The molecule has 0 spiro atoms. The number of rotatable bonds is 4. The van der Waals surface area contributed by atoms with Gasteiger partial charge in [0.2, 0.25) is 5.91 Å². The van der Waals surface area contributed by atoms with Gasteiger partial charge in [0.15, 0.2) is 0 Å². The third-order valence-electron chi connectivity index (χ3n) is 2.71. The van der Waals surface area contributed by atoms with Crippen LogP contribution in [0, 0.1) is 6.92 Å². The number of anilines is 2. The minimum Gasteiger partial charge on any atom is -0.376 e. The lowest BCUT2D eigenvalue weighted by Gasteiger charge is -2.08. The highest BCUT2D eigenvalue weighted by atomic mass is 35.5. The number of amides is 1. The van der Waals surface area contributed by atoms with Crippen molar-refractivity contribution in [2.75, 3.05) is 17.2 Å². The Morgan fingerprint density at radius 2 is 1.65 bits per heavy atom. The molecule has 0 radical (unpaired) electrons. The molecule has 0 aliphatic carbocycles. The second-order valence-corrected chi connectivity index (χ2v) is 5.21. The lowest BCUT2D eigenvalue weighted by molar-refractivity contribution is -0.114. The van der Waals surface area contributed by atoms with E-state index in [1.54, 1.807) is 18.2 Å². The minimum atomic E-state index is -0.125. The summed E-state index contributed by atoms with van der Waals surface area (Å²) >= 11 is 11.7. The standard InChI is InChI=1S/C15H14Cl2N2O/c1-10-2-4-11(5-3-10)19-15(20)9-18-12-6-7-13(16)14(17)8-12/h2-8,18H,9H2,1H3,(H,19,20). The average molecular weight is 309 g/mol. The van der Waals surface area contributed by atoms with Crippen LogP contribution in [0.25, 0.3) is 0 Å². The topological polar surface area (TPSA) is 41.1 Å². The van der Waals surface area contributed by atoms with Crippen LogP contribution in [0.2, 0.25) is 10.0 Å². The van der Waals surface area contributed by atoms with Gasteiger partial charge in [-0.2, -0.15) is 0 Å². The molecule has 5 heteroatoms. The third-order valence-corrected chi connectivity index (χ3v) is 3.45. The van der Waals surface area contributed by atoms with Crippen LogP contribution in [0.1, 0.15) is 5.56 Å². The van der Waals surface area contributed by atoms with E-state index in [1.165, 1.54) is 0 Å². The lowest BCUT2D eigenvalue weighted by Crippen LogP contribution is -2.21. The Bertz CT molecular complexity index is 612. The van der Waals surface area contributed by atoms with Gasteiger partial charge >= 0.3 is 0 Å². The maximum absolute atomic E-state index is 11.8. The largest absolute Gasteiger partial charge is 0.376 e. The zero-order chi connectivity index (χ0) is 14.5. The second-order valence-electron chi connectivity index (χ2n) is 4.40. The SMILES string of the molecule is Cc1ccc(NC(=O)CNc2ccc(Cl)c(Cl)c2)cc1. The van der Waals surface area contributed by atoms with E-state index < -0.39 is 0 Å². The van der Waals surface area contributed by atoms with Crippen molar-refractivity contribution in [3.8, 4) is 0 Å². The Morgan fingerprint density at radius 1 is 1.00 bits per heavy atom. The predicted octanol–water partition coefficient (Wildman–Crippen LogP) is 4.35. The Kier molecular flexibility index (Phi) is 4.88. The van der Waals surface area contributed by atoms with Crippen LogP contribution >= 0.6 is 23.2 Å². The van der Waals surface area contributed by atoms with E-state index in [9.17, 15) is 4.79 Å². The number of hydrogen-bond donors (Lipinski definition) is 2. The number of carbonyl (C=O) groups excluding carboxylic acids is 1. The van der Waals surface area contributed by atoms with Crippen LogP contribution in [0.3, 0.4) is 0 Å². The molecule has 0 atom stereocenters. The quantitative estimate of drug-likeness (QED) is 0.881. The van der Waals surface area contributed by atoms with Crippen molar-refractivity contribution in [1.29, 1.82) is 0 Å². The molecule has 3 nitrogen and oxygen atoms in total. The number of benzene rings is 2. The lowest BCUT2D eigenvalue weighted by atomic mass is 10.2. The zero-order valence-corrected chi connectivity index (χ0v) is 12.4. The molecule has 0 fully saturated rings. The van der Waals surface area contributed by atoms with E-state index in [2.05, 4.69) is 10.6 Å². The first-order valence-corrected chi connectivity index (χ1v) is 6.85. The molecule has 104 valence electrons. The summed E-state index contributed by atoms with van der Waals surface area (Å²) in [6.07, 6.45) is 0. The van der Waals surface area contributed by atoms with Gasteiger partial charge in [-0.1, -0.05) is 40.9 Å². The fourth-order valence-corrected chi connectivity index (χ4v) is 1.93. The van der Waals surface area contributed by atoms with Gasteiger partial charge in [0.25, 0.3) is 0 Å². The Balaban J connectivity index is 1.88. The van der Waals surface area contributed by atoms with Gasteiger partial charge in [-0.05, 0) is 37.3 Å². The van der Waals surface area contributed by atoms with Crippen molar-refractivity contribution in [3.05, 3.63) is 58.1 Å². The average Bonchev–Trinajstić information content (AvgIpc) is 2.43. The number of nitrogens with one attached hydrogen (secondary N) is 2. The molecule has 0 aromatic heterocycles. The normalized spacial score (nSPS) is 10.2. The number of aryl methyl sites for hydroxylation is 1. The fourth-order valence-electron chi connectivity index (χ4n) is 1.63. The molecule has 1 amide bonds. The molecule has 2 N–H and O–H groups in total. The molecule has 0 aliphatic rings. The van der Waals surface area contributed by atoms with Gasteiger partial charge < -0.3 is 10.6 Å². The third kappa shape index (κ3) is 4.15. The monoisotopic (exact) mass is 308 g/mol. The van der Waals surface area contributed by atoms with Gasteiger partial charge in [0.05, 0.1) is 16.6 Å². The Hall–Kier alpha value is -1.71. The first-order valence-electron chi connectivity index (χ1n) is 6.10. The first-order chi connectivity index (χ1) is 9.54. The van der Waals surface area contributed by atoms with Crippen LogP contribution in [-0.4, -0.2) is 12.5 Å². The Morgan fingerprint density at radius 3 is 2.30 bits per heavy atom. The summed E-state index contributed by atoms with van der Waals surface area (Å²) in [5, 5.41) is 6.74. The molecule has 2 aromatic rings. The number of halogens is 2. The van der Waals surface area contributed by atoms with Crippen LogP contribution in [-0.2, 0) is 4.79 Å². The van der Waals surface area contributed by atoms with Crippen molar-refractivity contribution < 1.29 is 4.79 Å². The minimum absolute atomic E-state index is 0.125. The summed E-state index contributed by atoms with van der Waals surface area (Å²) in [7, 11) is 0. The fraction of sp³-hybridized carbons (Fsp3) is 0.133. The summed E-state index contributed by atoms with van der Waals surface area (Å²) in [4.78, 5) is 11.8. The van der Waals surface area contributed by atoms with Gasteiger partial charge in [-0.15, -0.1) is 0 Å². The van der Waals surface area contributed by atoms with E-state index in [4.69, 9.17) is 23.2 Å². The summed E-state index contributed by atoms with van der Waals surface area (Å²) < 4.78 is 0. The molecule has 0 saturated heterocycles. The number of carbonyl (C=O) groups is 1. The molecule has 0 bridgehead atoms. The summed E-state index contributed by atoms with van der Waals surface area (Å²) in [5.41, 5.74) is 2.67. The van der Waals surface area contributed by atoms with Crippen LogP contribution in [0.4, 0.5) is 11.4 Å². The van der Waals surface area contributed by atoms with E-state index >= 15 is 0 Å². The molecular weight excluding hydrogens is 295 g/mol. The zero-order valence-electron chi connectivity index (χ0n) is 10.9. The molecule has 0 heterocycles. The molecular formula is C15H14Cl2N2O. The predicted molar refractivity (Wildman–Crippen MR) is 84.8 cm³/mol. The first kappa shape index (κ1) is 14.7. The van der Waals surface area contributed by atoms with E-state index in [0.717, 1.165) is 16.9 Å². The van der Waals surface area contributed by atoms with E-state index in [1.807, 2.05) is 31.2 Å². The maximum atomic E-state index is 11.8.